The van der Waals surface area contributed by atoms with Crippen LogP contribution in [-0.4, -0.2) is 41.1 Å². The van der Waals surface area contributed by atoms with Gasteiger partial charge in [-0.05, 0) is 19.3 Å². The Morgan fingerprint density at radius 3 is 2.24 bits per heavy atom. The molecule has 2 amide bonds. The van der Waals surface area contributed by atoms with Crippen LogP contribution in [0.5, 0.6) is 0 Å². The number of rotatable bonds is 7. The van der Waals surface area contributed by atoms with Gasteiger partial charge in [0.05, 0.1) is 0 Å². The standard InChI is InChI=1S/C12H24N2O3/c1-5-7-8-14(6-2)12(17)13-10(9(3)4)11(15)16/h9-10H,5-8H2,1-4H3,(H,13,17)(H,15,16)/t10-/m1/s1. The average molecular weight is 244 g/mol. The molecule has 0 aliphatic heterocycles. The second-order valence-electron chi connectivity index (χ2n) is 4.44. The molecule has 0 saturated heterocycles. The molecule has 5 nitrogen and oxygen atoms in total. The number of unbranched alkanes of at least 4 members (excludes halogenated alkanes) is 1. The third kappa shape index (κ3) is 5.56. The predicted octanol–water partition coefficient (Wildman–Crippen LogP) is 1.93. The summed E-state index contributed by atoms with van der Waals surface area (Å²) in [7, 11) is 0. The van der Waals surface area contributed by atoms with Crippen molar-refractivity contribution in [3.63, 3.8) is 0 Å². The summed E-state index contributed by atoms with van der Waals surface area (Å²) in [5, 5.41) is 11.6. The van der Waals surface area contributed by atoms with Gasteiger partial charge in [0.15, 0.2) is 0 Å². The minimum Gasteiger partial charge on any atom is -0.480 e. The van der Waals surface area contributed by atoms with Gasteiger partial charge < -0.3 is 15.3 Å². The zero-order valence-electron chi connectivity index (χ0n) is 11.2. The molecule has 2 N–H and O–H groups in total. The van der Waals surface area contributed by atoms with Crippen molar-refractivity contribution >= 4 is 12.0 Å². The maximum absolute atomic E-state index is 11.9. The largest absolute Gasteiger partial charge is 0.480 e. The molecule has 0 aromatic rings. The van der Waals surface area contributed by atoms with E-state index in [1.807, 2.05) is 6.92 Å². The third-order valence-corrected chi connectivity index (χ3v) is 2.66. The molecular formula is C12H24N2O3. The maximum atomic E-state index is 11.9. The van der Waals surface area contributed by atoms with Crippen molar-refractivity contribution in [2.45, 2.75) is 46.6 Å². The van der Waals surface area contributed by atoms with E-state index in [2.05, 4.69) is 12.2 Å². The minimum absolute atomic E-state index is 0.124. The predicted molar refractivity (Wildman–Crippen MR) is 66.9 cm³/mol. The van der Waals surface area contributed by atoms with Gasteiger partial charge in [-0.15, -0.1) is 0 Å². The highest BCUT2D eigenvalue weighted by Gasteiger charge is 2.25. The molecule has 0 bridgehead atoms. The molecule has 17 heavy (non-hydrogen) atoms. The maximum Gasteiger partial charge on any atom is 0.326 e. The number of nitrogens with one attached hydrogen (secondary N) is 1. The number of urea groups is 1. The average Bonchev–Trinajstić information content (AvgIpc) is 2.26. The summed E-state index contributed by atoms with van der Waals surface area (Å²) < 4.78 is 0. The Bertz CT molecular complexity index is 254. The van der Waals surface area contributed by atoms with Gasteiger partial charge in [-0.2, -0.15) is 0 Å². The fourth-order valence-electron chi connectivity index (χ4n) is 1.49. The quantitative estimate of drug-likeness (QED) is 0.719. The molecular weight excluding hydrogens is 220 g/mol. The van der Waals surface area contributed by atoms with Gasteiger partial charge in [-0.3, -0.25) is 0 Å². The molecule has 100 valence electrons. The van der Waals surface area contributed by atoms with E-state index in [1.54, 1.807) is 18.7 Å². The number of amides is 2. The van der Waals surface area contributed by atoms with Crippen molar-refractivity contribution in [1.82, 2.24) is 10.2 Å². The minimum atomic E-state index is -0.986. The number of carbonyl (C=O) groups is 2. The molecule has 0 aliphatic rings. The molecule has 0 spiro atoms. The summed E-state index contributed by atoms with van der Waals surface area (Å²) in [6, 6.07) is -1.11. The monoisotopic (exact) mass is 244 g/mol. The number of carbonyl (C=O) groups excluding carboxylic acids is 1. The van der Waals surface area contributed by atoms with Crippen LogP contribution in [-0.2, 0) is 4.79 Å². The smallest absolute Gasteiger partial charge is 0.326 e. The second kappa shape index (κ2) is 7.92. The van der Waals surface area contributed by atoms with Crippen LogP contribution in [0.2, 0.25) is 0 Å². The van der Waals surface area contributed by atoms with Crippen LogP contribution in [0.1, 0.15) is 40.5 Å². The zero-order valence-corrected chi connectivity index (χ0v) is 11.2. The van der Waals surface area contributed by atoms with Gasteiger partial charge in [0, 0.05) is 13.1 Å². The summed E-state index contributed by atoms with van der Waals surface area (Å²) in [4.78, 5) is 24.5. The fraction of sp³-hybridized carbons (Fsp3) is 0.833. The number of hydrogen-bond donors (Lipinski definition) is 2. The number of carboxylic acid groups (broad SMARTS) is 1. The third-order valence-electron chi connectivity index (χ3n) is 2.66. The van der Waals surface area contributed by atoms with E-state index >= 15 is 0 Å². The molecule has 0 aromatic heterocycles. The van der Waals surface area contributed by atoms with Crippen molar-refractivity contribution in [2.24, 2.45) is 5.92 Å². The summed E-state index contributed by atoms with van der Waals surface area (Å²) in [6.45, 7) is 8.77. The molecule has 0 radical (unpaired) electrons. The van der Waals surface area contributed by atoms with Crippen molar-refractivity contribution in [1.29, 1.82) is 0 Å². The Kier molecular flexibility index (Phi) is 7.34. The summed E-state index contributed by atoms with van der Waals surface area (Å²) >= 11 is 0. The summed E-state index contributed by atoms with van der Waals surface area (Å²) in [5.41, 5.74) is 0. The molecule has 0 fully saturated rings. The molecule has 5 heteroatoms. The van der Waals surface area contributed by atoms with Gasteiger partial charge in [-0.1, -0.05) is 27.2 Å². The van der Waals surface area contributed by atoms with E-state index < -0.39 is 12.0 Å². The fourth-order valence-corrected chi connectivity index (χ4v) is 1.49. The summed E-state index contributed by atoms with van der Waals surface area (Å²) in [6.07, 6.45) is 1.94. The lowest BCUT2D eigenvalue weighted by atomic mass is 10.1. The topological polar surface area (TPSA) is 69.6 Å². The zero-order chi connectivity index (χ0) is 13.4. The van der Waals surface area contributed by atoms with Gasteiger partial charge in [0.2, 0.25) is 0 Å². The molecule has 0 aromatic carbocycles. The molecule has 0 rings (SSSR count). The van der Waals surface area contributed by atoms with Crippen LogP contribution in [0, 0.1) is 5.92 Å². The molecule has 0 saturated carbocycles. The molecule has 0 unspecified atom stereocenters. The van der Waals surface area contributed by atoms with E-state index in [4.69, 9.17) is 5.11 Å². The lowest BCUT2D eigenvalue weighted by molar-refractivity contribution is -0.140. The second-order valence-corrected chi connectivity index (χ2v) is 4.44. The number of carboxylic acids is 1. The van der Waals surface area contributed by atoms with Crippen LogP contribution in [0.4, 0.5) is 4.79 Å². The van der Waals surface area contributed by atoms with E-state index in [0.717, 1.165) is 12.8 Å². The SMILES string of the molecule is CCCCN(CC)C(=O)N[C@@H](C(=O)O)C(C)C. The van der Waals surface area contributed by atoms with E-state index in [-0.39, 0.29) is 11.9 Å². The first-order valence-corrected chi connectivity index (χ1v) is 6.22. The Morgan fingerprint density at radius 1 is 1.29 bits per heavy atom. The first kappa shape index (κ1) is 15.7. The van der Waals surface area contributed by atoms with Crippen molar-refractivity contribution < 1.29 is 14.7 Å². The van der Waals surface area contributed by atoms with Crippen LogP contribution < -0.4 is 5.32 Å². The summed E-state index contributed by atoms with van der Waals surface area (Å²) in [5.74, 6) is -1.11. The Balaban J connectivity index is 4.41. The first-order chi connectivity index (χ1) is 7.93. The lowest BCUT2D eigenvalue weighted by Gasteiger charge is -2.25. The van der Waals surface area contributed by atoms with E-state index in [9.17, 15) is 9.59 Å². The number of hydrogen-bond acceptors (Lipinski definition) is 2. The van der Waals surface area contributed by atoms with Crippen molar-refractivity contribution in [3.8, 4) is 0 Å². The Hall–Kier alpha value is -1.26. The lowest BCUT2D eigenvalue weighted by Crippen LogP contribution is -2.50. The first-order valence-electron chi connectivity index (χ1n) is 6.22. The van der Waals surface area contributed by atoms with Gasteiger partial charge in [0.25, 0.3) is 0 Å². The van der Waals surface area contributed by atoms with Crippen LogP contribution in [0.25, 0.3) is 0 Å². The Labute approximate surface area is 103 Å². The van der Waals surface area contributed by atoms with Gasteiger partial charge >= 0.3 is 12.0 Å². The molecule has 0 aliphatic carbocycles. The molecule has 1 atom stereocenters. The van der Waals surface area contributed by atoms with Crippen LogP contribution in [0.15, 0.2) is 0 Å². The highest BCUT2D eigenvalue weighted by molar-refractivity contribution is 5.82. The van der Waals surface area contributed by atoms with Gasteiger partial charge in [0.1, 0.15) is 6.04 Å². The van der Waals surface area contributed by atoms with Crippen molar-refractivity contribution in [3.05, 3.63) is 0 Å². The van der Waals surface area contributed by atoms with Gasteiger partial charge in [-0.25, -0.2) is 9.59 Å². The van der Waals surface area contributed by atoms with Crippen LogP contribution >= 0.6 is 0 Å². The number of nitrogens with zero attached hydrogens (tertiary/aromatic N) is 1. The highest BCUT2D eigenvalue weighted by Crippen LogP contribution is 2.03. The molecule has 0 heterocycles. The normalized spacial score (nSPS) is 12.3. The van der Waals surface area contributed by atoms with E-state index in [0.29, 0.717) is 13.1 Å². The highest BCUT2D eigenvalue weighted by atomic mass is 16.4. The Morgan fingerprint density at radius 2 is 1.88 bits per heavy atom. The van der Waals surface area contributed by atoms with E-state index in [1.165, 1.54) is 0 Å². The van der Waals surface area contributed by atoms with Crippen LogP contribution in [0.3, 0.4) is 0 Å². The van der Waals surface area contributed by atoms with Crippen molar-refractivity contribution in [2.75, 3.05) is 13.1 Å². The number of aliphatic carboxylic acids is 1.